The lowest BCUT2D eigenvalue weighted by atomic mass is 9.94. The lowest BCUT2D eigenvalue weighted by Crippen LogP contribution is -2.33. The van der Waals surface area contributed by atoms with E-state index in [1.807, 2.05) is 50.2 Å². The van der Waals surface area contributed by atoms with Crippen LogP contribution in [0.25, 0.3) is 11.0 Å². The van der Waals surface area contributed by atoms with Crippen molar-refractivity contribution < 1.29 is 13.9 Å². The lowest BCUT2D eigenvalue weighted by Gasteiger charge is -2.31. The van der Waals surface area contributed by atoms with Crippen molar-refractivity contribution in [2.24, 2.45) is 0 Å². The molecule has 5 nitrogen and oxygen atoms in total. The number of fused-ring (bicyclic) bond motifs is 1. The van der Waals surface area contributed by atoms with Crippen molar-refractivity contribution in [3.05, 3.63) is 59.4 Å². The number of hydrogen-bond acceptors (Lipinski definition) is 4. The first-order chi connectivity index (χ1) is 15.1. The summed E-state index contributed by atoms with van der Waals surface area (Å²) in [6, 6.07) is 14.3. The summed E-state index contributed by atoms with van der Waals surface area (Å²) in [4.78, 5) is 15.5. The number of nitrogens with zero attached hydrogens (tertiary/aromatic N) is 1. The van der Waals surface area contributed by atoms with Gasteiger partial charge in [0.1, 0.15) is 11.3 Å². The van der Waals surface area contributed by atoms with Crippen molar-refractivity contribution in [3.63, 3.8) is 0 Å². The third kappa shape index (κ3) is 5.28. The molecule has 0 bridgehead atoms. The Morgan fingerprint density at radius 2 is 1.91 bits per heavy atom. The van der Waals surface area contributed by atoms with Crippen molar-refractivity contribution in [2.75, 3.05) is 19.0 Å². The number of hydrogen-bond donors (Lipinski definition) is 1. The summed E-state index contributed by atoms with van der Waals surface area (Å²) in [5.41, 5.74) is 3.48. The van der Waals surface area contributed by atoms with Crippen LogP contribution in [0, 0.1) is 6.92 Å². The highest BCUT2D eigenvalue weighted by Gasteiger charge is 2.21. The van der Waals surface area contributed by atoms with Crippen LogP contribution in [-0.2, 0) is 6.54 Å². The molecule has 0 aliphatic heterocycles. The van der Waals surface area contributed by atoms with Crippen LogP contribution in [-0.4, -0.2) is 30.5 Å². The van der Waals surface area contributed by atoms with E-state index in [9.17, 15) is 4.79 Å². The van der Waals surface area contributed by atoms with Gasteiger partial charge in [0.2, 0.25) is 0 Å². The van der Waals surface area contributed by atoms with E-state index in [4.69, 9.17) is 9.15 Å². The quantitative estimate of drug-likeness (QED) is 0.436. The molecule has 2 aromatic carbocycles. The number of halogens is 1. The third-order valence-electron chi connectivity index (χ3n) is 6.31. The van der Waals surface area contributed by atoms with Crippen LogP contribution in [0.2, 0.25) is 0 Å². The summed E-state index contributed by atoms with van der Waals surface area (Å²) in [6.07, 6.45) is 6.48. The molecule has 6 heteroatoms. The monoisotopic (exact) mass is 456 g/mol. The minimum atomic E-state index is -0.223. The molecule has 1 aliphatic carbocycles. The predicted molar refractivity (Wildman–Crippen MR) is 132 cm³/mol. The Morgan fingerprint density at radius 3 is 2.66 bits per heavy atom. The number of benzene rings is 2. The zero-order valence-electron chi connectivity index (χ0n) is 19.1. The molecule has 0 unspecified atom stereocenters. The Labute approximate surface area is 196 Å². The summed E-state index contributed by atoms with van der Waals surface area (Å²) < 4.78 is 11.5. The second-order valence-corrected chi connectivity index (χ2v) is 8.47. The van der Waals surface area contributed by atoms with Gasteiger partial charge in [-0.05, 0) is 63.6 Å². The number of nitrogens with one attached hydrogen (secondary N) is 1. The molecule has 1 heterocycles. The molecule has 0 spiro atoms. The molecule has 1 amide bonds. The fourth-order valence-electron chi connectivity index (χ4n) is 4.55. The largest absolute Gasteiger partial charge is 0.494 e. The number of aryl methyl sites for hydroxylation is 1. The molecule has 1 N–H and O–H groups in total. The summed E-state index contributed by atoms with van der Waals surface area (Å²) in [7, 11) is 2.19. The number of furan rings is 1. The second kappa shape index (κ2) is 10.9. The van der Waals surface area contributed by atoms with Gasteiger partial charge in [0.05, 0.1) is 6.61 Å². The number of carbonyl (C=O) groups excluding carboxylic acids is 1. The Hall–Kier alpha value is -2.50. The number of carbonyl (C=O) groups is 1. The van der Waals surface area contributed by atoms with Crippen LogP contribution < -0.4 is 10.1 Å². The van der Waals surface area contributed by atoms with Crippen molar-refractivity contribution in [2.45, 2.75) is 58.5 Å². The number of amides is 1. The van der Waals surface area contributed by atoms with Crippen molar-refractivity contribution in [1.82, 2.24) is 4.90 Å². The Balaban J connectivity index is 0.00000289. The van der Waals surface area contributed by atoms with Gasteiger partial charge in [-0.3, -0.25) is 9.69 Å². The smallest absolute Gasteiger partial charge is 0.291 e. The first-order valence-corrected chi connectivity index (χ1v) is 11.3. The van der Waals surface area contributed by atoms with Crippen LogP contribution in [0.4, 0.5) is 5.69 Å². The molecule has 0 atom stereocenters. The molecular weight excluding hydrogens is 424 g/mol. The fourth-order valence-corrected chi connectivity index (χ4v) is 4.55. The van der Waals surface area contributed by atoms with Crippen molar-refractivity contribution in [1.29, 1.82) is 0 Å². The van der Waals surface area contributed by atoms with Gasteiger partial charge in [-0.2, -0.15) is 0 Å². The summed E-state index contributed by atoms with van der Waals surface area (Å²) in [6.45, 7) is 5.29. The number of ether oxygens (including phenoxy) is 1. The molecule has 1 saturated carbocycles. The molecule has 172 valence electrons. The molecule has 1 aliphatic rings. The number of rotatable bonds is 7. The maximum atomic E-state index is 13.1. The summed E-state index contributed by atoms with van der Waals surface area (Å²) in [5.74, 6) is 0.903. The van der Waals surface area contributed by atoms with Crippen LogP contribution >= 0.6 is 12.4 Å². The standard InChI is InChI=1S/C26H32N2O3.ClH/c1-4-30-21-14-15-24-22(16-21)18(2)25(31-24)26(29)27-23-13-9-8-10-19(23)17-28(3)20-11-6-5-7-12-20;/h8-10,13-16,20H,4-7,11-12,17H2,1-3H3,(H,27,29);1H. The molecular formula is C26H33ClN2O3. The molecule has 0 saturated heterocycles. The average molecular weight is 457 g/mol. The number of anilines is 1. The molecule has 4 rings (SSSR count). The van der Waals surface area contributed by atoms with Crippen LogP contribution in [0.15, 0.2) is 46.9 Å². The van der Waals surface area contributed by atoms with Gasteiger partial charge >= 0.3 is 0 Å². The molecule has 3 aromatic rings. The minimum Gasteiger partial charge on any atom is -0.494 e. The van der Waals surface area contributed by atoms with E-state index in [0.29, 0.717) is 24.0 Å². The van der Waals surface area contributed by atoms with E-state index >= 15 is 0 Å². The van der Waals surface area contributed by atoms with Gasteiger partial charge in [0, 0.05) is 29.2 Å². The van der Waals surface area contributed by atoms with Gasteiger partial charge in [0.25, 0.3) is 5.91 Å². The zero-order chi connectivity index (χ0) is 21.8. The molecule has 1 aromatic heterocycles. The van der Waals surface area contributed by atoms with E-state index < -0.39 is 0 Å². The van der Waals surface area contributed by atoms with Gasteiger partial charge in [0.15, 0.2) is 5.76 Å². The Kier molecular flexibility index (Phi) is 8.21. The highest BCUT2D eigenvalue weighted by atomic mass is 35.5. The van der Waals surface area contributed by atoms with Crippen molar-refractivity contribution in [3.8, 4) is 5.75 Å². The molecule has 32 heavy (non-hydrogen) atoms. The normalized spacial score (nSPS) is 14.4. The maximum absolute atomic E-state index is 13.1. The van der Waals surface area contributed by atoms with Gasteiger partial charge in [-0.1, -0.05) is 37.5 Å². The summed E-state index contributed by atoms with van der Waals surface area (Å²) >= 11 is 0. The van der Waals surface area contributed by atoms with E-state index in [1.165, 1.54) is 32.1 Å². The average Bonchev–Trinajstić information content (AvgIpc) is 3.12. The van der Waals surface area contributed by atoms with E-state index in [1.54, 1.807) is 0 Å². The van der Waals surface area contributed by atoms with Crippen LogP contribution in [0.3, 0.4) is 0 Å². The Bertz CT molecular complexity index is 1060. The maximum Gasteiger partial charge on any atom is 0.291 e. The van der Waals surface area contributed by atoms with E-state index in [2.05, 4.69) is 23.3 Å². The highest BCUT2D eigenvalue weighted by Crippen LogP contribution is 2.30. The topological polar surface area (TPSA) is 54.7 Å². The summed E-state index contributed by atoms with van der Waals surface area (Å²) in [5, 5.41) is 3.99. The lowest BCUT2D eigenvalue weighted by molar-refractivity contribution is 0.0997. The first kappa shape index (κ1) is 24.1. The van der Waals surface area contributed by atoms with Crippen LogP contribution in [0.1, 0.15) is 60.7 Å². The van der Waals surface area contributed by atoms with Gasteiger partial charge in [-0.25, -0.2) is 0 Å². The fraction of sp³-hybridized carbons (Fsp3) is 0.423. The van der Waals surface area contributed by atoms with Gasteiger partial charge in [-0.15, -0.1) is 12.4 Å². The molecule has 1 fully saturated rings. The Morgan fingerprint density at radius 1 is 1.16 bits per heavy atom. The molecule has 0 radical (unpaired) electrons. The highest BCUT2D eigenvalue weighted by molar-refractivity contribution is 6.06. The SMILES string of the molecule is CCOc1ccc2oc(C(=O)Nc3ccccc3CN(C)C3CCCCC3)c(C)c2c1.Cl. The van der Waals surface area contributed by atoms with Gasteiger partial charge < -0.3 is 14.5 Å². The van der Waals surface area contributed by atoms with E-state index in [-0.39, 0.29) is 18.3 Å². The van der Waals surface area contributed by atoms with Crippen molar-refractivity contribution >= 4 is 35.0 Å². The first-order valence-electron chi connectivity index (χ1n) is 11.3. The zero-order valence-corrected chi connectivity index (χ0v) is 20.0. The third-order valence-corrected chi connectivity index (χ3v) is 6.31. The minimum absolute atomic E-state index is 0. The second-order valence-electron chi connectivity index (χ2n) is 8.47. The number of para-hydroxylation sites is 1. The van der Waals surface area contributed by atoms with Crippen LogP contribution in [0.5, 0.6) is 5.75 Å². The van der Waals surface area contributed by atoms with E-state index in [0.717, 1.165) is 34.5 Å². The predicted octanol–water partition coefficient (Wildman–Crippen LogP) is 6.58.